The second-order valence-electron chi connectivity index (χ2n) is 7.24. The summed E-state index contributed by atoms with van der Waals surface area (Å²) in [6.45, 7) is 4.84. The molecule has 0 spiro atoms. The van der Waals surface area contributed by atoms with E-state index in [-0.39, 0.29) is 11.9 Å². The molecular weight excluding hydrogens is 415 g/mol. The third-order valence-corrected chi connectivity index (χ3v) is 5.57. The Kier molecular flexibility index (Phi) is 5.99. The number of nitrogens with one attached hydrogen (secondary N) is 1. The molecule has 0 amide bonds. The fourth-order valence-corrected chi connectivity index (χ4v) is 4.01. The SMILES string of the molecule is CCCN1C(=S)NC(c2ccc(F)cc2)C(c2nc(-c3cccc(OC)c3)no2)=C1C. The van der Waals surface area contributed by atoms with Gasteiger partial charge in [0.25, 0.3) is 5.89 Å². The maximum absolute atomic E-state index is 13.5. The highest BCUT2D eigenvalue weighted by molar-refractivity contribution is 7.80. The molecule has 0 saturated heterocycles. The highest BCUT2D eigenvalue weighted by atomic mass is 32.1. The van der Waals surface area contributed by atoms with Crippen molar-refractivity contribution in [1.29, 1.82) is 0 Å². The summed E-state index contributed by atoms with van der Waals surface area (Å²) in [6, 6.07) is 13.5. The predicted molar refractivity (Wildman–Crippen MR) is 121 cm³/mol. The molecule has 8 heteroatoms. The molecule has 31 heavy (non-hydrogen) atoms. The number of thiocarbonyl (C=S) groups is 1. The molecule has 3 aromatic rings. The summed E-state index contributed by atoms with van der Waals surface area (Å²) in [7, 11) is 1.61. The predicted octanol–water partition coefficient (Wildman–Crippen LogP) is 4.96. The molecule has 0 aliphatic carbocycles. The molecule has 2 aromatic carbocycles. The number of allylic oxidation sites excluding steroid dienone is 1. The maximum Gasteiger partial charge on any atom is 0.258 e. The van der Waals surface area contributed by atoms with Crippen LogP contribution in [0.3, 0.4) is 0 Å². The van der Waals surface area contributed by atoms with E-state index in [1.54, 1.807) is 19.2 Å². The van der Waals surface area contributed by atoms with Crippen LogP contribution >= 0.6 is 12.2 Å². The third-order valence-electron chi connectivity index (χ3n) is 5.23. The number of halogens is 1. The molecule has 0 radical (unpaired) electrons. The van der Waals surface area contributed by atoms with Crippen molar-refractivity contribution in [3.05, 3.63) is 71.5 Å². The summed E-state index contributed by atoms with van der Waals surface area (Å²) in [5.41, 5.74) is 3.39. The number of ether oxygens (including phenoxy) is 1. The van der Waals surface area contributed by atoms with Crippen molar-refractivity contribution in [2.75, 3.05) is 13.7 Å². The quantitative estimate of drug-likeness (QED) is 0.546. The lowest BCUT2D eigenvalue weighted by molar-refractivity contribution is 0.396. The minimum absolute atomic E-state index is 0.296. The molecule has 6 nitrogen and oxygen atoms in total. The molecule has 1 atom stereocenters. The lowest BCUT2D eigenvalue weighted by Gasteiger charge is -2.37. The molecule has 1 aliphatic heterocycles. The standard InChI is InChI=1S/C23H23FN4O2S/c1-4-12-28-14(2)19(20(25-23(28)31)15-8-10-17(24)11-9-15)22-26-21(27-30-22)16-6-5-7-18(13-16)29-3/h5-11,13,20H,4,12H2,1-3H3,(H,25,31). The molecule has 0 saturated carbocycles. The molecule has 1 aromatic heterocycles. The highest BCUT2D eigenvalue weighted by Gasteiger charge is 2.33. The van der Waals surface area contributed by atoms with Crippen molar-refractivity contribution in [2.24, 2.45) is 0 Å². The second kappa shape index (κ2) is 8.85. The average molecular weight is 439 g/mol. The minimum Gasteiger partial charge on any atom is -0.497 e. The van der Waals surface area contributed by atoms with E-state index in [9.17, 15) is 4.39 Å². The number of rotatable bonds is 6. The molecule has 160 valence electrons. The van der Waals surface area contributed by atoms with Crippen molar-refractivity contribution in [1.82, 2.24) is 20.4 Å². The van der Waals surface area contributed by atoms with E-state index in [1.165, 1.54) is 12.1 Å². The van der Waals surface area contributed by atoms with Gasteiger partial charge in [0, 0.05) is 17.8 Å². The van der Waals surface area contributed by atoms with Gasteiger partial charge in [-0.2, -0.15) is 4.98 Å². The summed E-state index contributed by atoms with van der Waals surface area (Å²) in [4.78, 5) is 6.70. The molecule has 0 bridgehead atoms. The summed E-state index contributed by atoms with van der Waals surface area (Å²) < 4.78 is 24.5. The Bertz CT molecular complexity index is 1130. The first-order valence-electron chi connectivity index (χ1n) is 10.0. The molecule has 1 N–H and O–H groups in total. The Balaban J connectivity index is 1.80. The van der Waals surface area contributed by atoms with Crippen LogP contribution < -0.4 is 10.1 Å². The van der Waals surface area contributed by atoms with Gasteiger partial charge in [0.15, 0.2) is 5.11 Å². The Morgan fingerprint density at radius 3 is 2.71 bits per heavy atom. The van der Waals surface area contributed by atoms with Gasteiger partial charge < -0.3 is 19.5 Å². The lowest BCUT2D eigenvalue weighted by Crippen LogP contribution is -2.46. The number of hydrogen-bond acceptors (Lipinski definition) is 5. The molecule has 1 unspecified atom stereocenters. The van der Waals surface area contributed by atoms with E-state index in [1.807, 2.05) is 36.1 Å². The Morgan fingerprint density at radius 1 is 1.23 bits per heavy atom. The second-order valence-corrected chi connectivity index (χ2v) is 7.63. The lowest BCUT2D eigenvalue weighted by atomic mass is 9.94. The zero-order valence-electron chi connectivity index (χ0n) is 17.6. The van der Waals surface area contributed by atoms with Crippen LogP contribution in [0.15, 0.2) is 58.8 Å². The van der Waals surface area contributed by atoms with Crippen LogP contribution in [0.2, 0.25) is 0 Å². The summed E-state index contributed by atoms with van der Waals surface area (Å²) in [6.07, 6.45) is 0.923. The molecule has 0 fully saturated rings. The van der Waals surface area contributed by atoms with Gasteiger partial charge in [-0.15, -0.1) is 0 Å². The number of methoxy groups -OCH3 is 1. The first kappa shape index (κ1) is 21.0. The normalized spacial score (nSPS) is 16.5. The number of benzene rings is 2. The van der Waals surface area contributed by atoms with Gasteiger partial charge in [-0.3, -0.25) is 0 Å². The molecule has 1 aliphatic rings. The van der Waals surface area contributed by atoms with Crippen LogP contribution in [0.25, 0.3) is 17.0 Å². The Hall–Kier alpha value is -3.26. The zero-order chi connectivity index (χ0) is 22.0. The van der Waals surface area contributed by atoms with Crippen molar-refractivity contribution in [3.8, 4) is 17.1 Å². The Morgan fingerprint density at radius 2 is 2.00 bits per heavy atom. The maximum atomic E-state index is 13.5. The van der Waals surface area contributed by atoms with Crippen molar-refractivity contribution in [3.63, 3.8) is 0 Å². The fourth-order valence-electron chi connectivity index (χ4n) is 3.67. The van der Waals surface area contributed by atoms with E-state index in [0.717, 1.165) is 35.4 Å². The van der Waals surface area contributed by atoms with E-state index in [0.29, 0.717) is 22.6 Å². The van der Waals surface area contributed by atoms with Crippen LogP contribution in [0.5, 0.6) is 5.75 Å². The van der Waals surface area contributed by atoms with Crippen LogP contribution in [0, 0.1) is 5.82 Å². The van der Waals surface area contributed by atoms with Gasteiger partial charge in [-0.05, 0) is 55.4 Å². The highest BCUT2D eigenvalue weighted by Crippen LogP contribution is 2.37. The molecule has 2 heterocycles. The van der Waals surface area contributed by atoms with Gasteiger partial charge in [0.2, 0.25) is 5.82 Å². The molecule has 4 rings (SSSR count). The first-order chi connectivity index (χ1) is 15.0. The van der Waals surface area contributed by atoms with Gasteiger partial charge in [-0.25, -0.2) is 4.39 Å². The van der Waals surface area contributed by atoms with E-state index >= 15 is 0 Å². The van der Waals surface area contributed by atoms with Crippen LogP contribution in [-0.4, -0.2) is 33.8 Å². The first-order valence-corrected chi connectivity index (χ1v) is 10.5. The van der Waals surface area contributed by atoms with Crippen molar-refractivity contribution >= 4 is 22.9 Å². The summed E-state index contributed by atoms with van der Waals surface area (Å²) in [5.74, 6) is 1.26. The average Bonchev–Trinajstić information content (AvgIpc) is 3.26. The van der Waals surface area contributed by atoms with Gasteiger partial charge >= 0.3 is 0 Å². The van der Waals surface area contributed by atoms with Crippen LogP contribution in [-0.2, 0) is 0 Å². The van der Waals surface area contributed by atoms with E-state index in [2.05, 4.69) is 22.4 Å². The smallest absolute Gasteiger partial charge is 0.258 e. The van der Waals surface area contributed by atoms with Gasteiger partial charge in [0.05, 0.1) is 18.7 Å². The number of aromatic nitrogens is 2. The zero-order valence-corrected chi connectivity index (χ0v) is 18.4. The van der Waals surface area contributed by atoms with Gasteiger partial charge in [0.1, 0.15) is 11.6 Å². The van der Waals surface area contributed by atoms with E-state index in [4.69, 9.17) is 21.5 Å². The number of nitrogens with zero attached hydrogens (tertiary/aromatic N) is 3. The van der Waals surface area contributed by atoms with Crippen molar-refractivity contribution in [2.45, 2.75) is 26.3 Å². The van der Waals surface area contributed by atoms with Crippen LogP contribution in [0.1, 0.15) is 37.8 Å². The topological polar surface area (TPSA) is 63.4 Å². The van der Waals surface area contributed by atoms with Gasteiger partial charge in [-0.1, -0.05) is 36.3 Å². The monoisotopic (exact) mass is 438 g/mol. The summed E-state index contributed by atoms with van der Waals surface area (Å²) >= 11 is 5.61. The van der Waals surface area contributed by atoms with Crippen molar-refractivity contribution < 1.29 is 13.7 Å². The van der Waals surface area contributed by atoms with Crippen LogP contribution in [0.4, 0.5) is 4.39 Å². The largest absolute Gasteiger partial charge is 0.497 e. The minimum atomic E-state index is -0.334. The third kappa shape index (κ3) is 4.16. The van der Waals surface area contributed by atoms with E-state index < -0.39 is 0 Å². The number of hydrogen-bond donors (Lipinski definition) is 1. The fraction of sp³-hybridized carbons (Fsp3) is 0.261. The molecular formula is C23H23FN4O2S. The summed E-state index contributed by atoms with van der Waals surface area (Å²) in [5, 5.41) is 8.17. The Labute approximate surface area is 185 Å².